The number of aryl methyl sites for hydroxylation is 1. The van der Waals surface area contributed by atoms with Crippen LogP contribution in [0.4, 0.5) is 4.79 Å². The van der Waals surface area contributed by atoms with E-state index in [-0.39, 0.29) is 6.03 Å². The highest BCUT2D eigenvalue weighted by atomic mass is 16.2. The fourth-order valence-electron chi connectivity index (χ4n) is 2.23. The number of carbonyl (C=O) groups is 1. The van der Waals surface area contributed by atoms with Gasteiger partial charge in [-0.1, -0.05) is 6.92 Å². The lowest BCUT2D eigenvalue weighted by Crippen LogP contribution is -2.29. The van der Waals surface area contributed by atoms with Gasteiger partial charge in [-0.25, -0.2) is 9.78 Å². The van der Waals surface area contributed by atoms with Gasteiger partial charge >= 0.3 is 6.03 Å². The molecule has 2 aromatic rings. The van der Waals surface area contributed by atoms with E-state index in [1.807, 2.05) is 19.1 Å². The van der Waals surface area contributed by atoms with E-state index in [1.165, 1.54) is 17.4 Å². The van der Waals surface area contributed by atoms with Gasteiger partial charge in [-0.05, 0) is 43.7 Å². The highest BCUT2D eigenvalue weighted by Gasteiger charge is 2.36. The molecule has 1 fully saturated rings. The number of nitrogens with zero attached hydrogens (tertiary/aromatic N) is 3. The first-order valence-electron chi connectivity index (χ1n) is 7.31. The van der Waals surface area contributed by atoms with Crippen LogP contribution in [0.2, 0.25) is 0 Å². The summed E-state index contributed by atoms with van der Waals surface area (Å²) in [5.41, 5.74) is 3.09. The first-order valence-corrected chi connectivity index (χ1v) is 7.31. The molecule has 2 heterocycles. The number of carbonyl (C=O) groups excluding carboxylic acids is 1. The summed E-state index contributed by atoms with van der Waals surface area (Å²) in [6.45, 7) is 4.92. The molecular formula is C16H20N4O. The van der Waals surface area contributed by atoms with E-state index in [2.05, 4.69) is 22.2 Å². The van der Waals surface area contributed by atoms with Crippen molar-refractivity contribution in [2.75, 3.05) is 6.54 Å². The topological polar surface area (TPSA) is 59.8 Å². The van der Waals surface area contributed by atoms with Crippen LogP contribution in [-0.4, -0.2) is 27.1 Å². The summed E-state index contributed by atoms with van der Waals surface area (Å²) >= 11 is 0. The first kappa shape index (κ1) is 13.8. The number of pyridine rings is 1. The fraction of sp³-hybridized carbons (Fsp3) is 0.438. The average Bonchev–Trinajstić information content (AvgIpc) is 3.02. The van der Waals surface area contributed by atoms with Crippen molar-refractivity contribution in [2.45, 2.75) is 33.1 Å². The van der Waals surface area contributed by atoms with Crippen molar-refractivity contribution in [1.29, 1.82) is 0 Å². The highest BCUT2D eigenvalue weighted by Crippen LogP contribution is 2.47. The molecule has 0 bridgehead atoms. The molecule has 110 valence electrons. The zero-order valence-corrected chi connectivity index (χ0v) is 12.5. The minimum Gasteiger partial charge on any atom is -0.337 e. The number of imidazole rings is 1. The summed E-state index contributed by atoms with van der Waals surface area (Å²) < 4.78 is 1.49. The molecule has 0 aliphatic heterocycles. The normalized spacial score (nSPS) is 15.7. The number of rotatable bonds is 4. The van der Waals surface area contributed by atoms with Crippen molar-refractivity contribution >= 4 is 6.03 Å². The molecule has 2 aromatic heterocycles. The molecule has 5 nitrogen and oxygen atoms in total. The molecule has 0 spiro atoms. The van der Waals surface area contributed by atoms with Crippen molar-refractivity contribution < 1.29 is 4.79 Å². The van der Waals surface area contributed by atoms with Gasteiger partial charge in [0.05, 0.1) is 5.69 Å². The van der Waals surface area contributed by atoms with E-state index in [1.54, 1.807) is 18.7 Å². The smallest absolute Gasteiger partial charge is 0.326 e. The molecule has 1 aliphatic carbocycles. The number of hydrogen-bond donors (Lipinski definition) is 1. The molecule has 0 aromatic carbocycles. The first-order chi connectivity index (χ1) is 10.1. The lowest BCUT2D eigenvalue weighted by molar-refractivity contribution is 0.241. The largest absolute Gasteiger partial charge is 0.337 e. The van der Waals surface area contributed by atoms with Gasteiger partial charge in [0.1, 0.15) is 6.33 Å². The average molecular weight is 284 g/mol. The predicted octanol–water partition coefficient (Wildman–Crippen LogP) is 3.00. The van der Waals surface area contributed by atoms with Gasteiger partial charge in [-0.15, -0.1) is 0 Å². The van der Waals surface area contributed by atoms with Crippen LogP contribution in [0.5, 0.6) is 0 Å². The molecular weight excluding hydrogens is 264 g/mol. The van der Waals surface area contributed by atoms with Gasteiger partial charge in [0.2, 0.25) is 0 Å². The van der Waals surface area contributed by atoms with Gasteiger partial charge in [-0.3, -0.25) is 9.55 Å². The Hall–Kier alpha value is -2.17. The Balaban J connectivity index is 1.61. The molecule has 1 N–H and O–H groups in total. The zero-order valence-electron chi connectivity index (χ0n) is 12.5. The summed E-state index contributed by atoms with van der Waals surface area (Å²) in [6.07, 6.45) is 8.65. The Morgan fingerprint density at radius 1 is 1.38 bits per heavy atom. The third kappa shape index (κ3) is 3.29. The molecule has 1 saturated carbocycles. The van der Waals surface area contributed by atoms with Crippen LogP contribution >= 0.6 is 0 Å². The standard InChI is InChI=1S/C16H20N4O/c1-12-3-4-13(9-18-12)14-10-20(11-19-14)15(21)17-8-7-16(2)5-6-16/h3-4,9-11H,5-8H2,1-2H3,(H,17,21). The zero-order chi connectivity index (χ0) is 14.9. The maximum atomic E-state index is 12.0. The van der Waals surface area contributed by atoms with Crippen LogP contribution in [-0.2, 0) is 0 Å². The van der Waals surface area contributed by atoms with Gasteiger partial charge < -0.3 is 5.32 Å². The van der Waals surface area contributed by atoms with Gasteiger partial charge in [-0.2, -0.15) is 0 Å². The van der Waals surface area contributed by atoms with E-state index >= 15 is 0 Å². The maximum Gasteiger partial charge on any atom is 0.326 e. The molecule has 1 amide bonds. The number of amides is 1. The Labute approximate surface area is 124 Å². The van der Waals surface area contributed by atoms with E-state index in [9.17, 15) is 4.79 Å². The molecule has 0 unspecified atom stereocenters. The van der Waals surface area contributed by atoms with Gasteiger partial charge in [0.15, 0.2) is 0 Å². The Bertz CT molecular complexity index is 641. The maximum absolute atomic E-state index is 12.0. The minimum atomic E-state index is -0.127. The van der Waals surface area contributed by atoms with Crippen molar-refractivity contribution in [3.05, 3.63) is 36.5 Å². The number of aromatic nitrogens is 3. The quantitative estimate of drug-likeness (QED) is 0.939. The van der Waals surface area contributed by atoms with Crippen molar-refractivity contribution in [1.82, 2.24) is 19.9 Å². The van der Waals surface area contributed by atoms with E-state index in [0.29, 0.717) is 5.41 Å². The molecule has 21 heavy (non-hydrogen) atoms. The Morgan fingerprint density at radius 3 is 2.86 bits per heavy atom. The number of nitrogens with one attached hydrogen (secondary N) is 1. The van der Waals surface area contributed by atoms with Crippen LogP contribution in [0.25, 0.3) is 11.3 Å². The summed E-state index contributed by atoms with van der Waals surface area (Å²) in [7, 11) is 0. The molecule has 0 radical (unpaired) electrons. The third-order valence-corrected chi connectivity index (χ3v) is 4.13. The van der Waals surface area contributed by atoms with E-state index in [0.717, 1.165) is 29.9 Å². The fourth-order valence-corrected chi connectivity index (χ4v) is 2.23. The highest BCUT2D eigenvalue weighted by molar-refractivity contribution is 5.77. The lowest BCUT2D eigenvalue weighted by Gasteiger charge is -2.09. The van der Waals surface area contributed by atoms with Crippen LogP contribution < -0.4 is 5.32 Å². The molecule has 5 heteroatoms. The van der Waals surface area contributed by atoms with Gasteiger partial charge in [0, 0.05) is 30.2 Å². The second kappa shape index (κ2) is 5.31. The Morgan fingerprint density at radius 2 is 2.19 bits per heavy atom. The van der Waals surface area contributed by atoms with Crippen LogP contribution in [0, 0.1) is 12.3 Å². The Kier molecular flexibility index (Phi) is 3.49. The second-order valence-electron chi connectivity index (χ2n) is 6.15. The minimum absolute atomic E-state index is 0.127. The SMILES string of the molecule is Cc1ccc(-c2cn(C(=O)NCCC3(C)CC3)cn2)cn1. The summed E-state index contributed by atoms with van der Waals surface area (Å²) in [5, 5.41) is 2.94. The van der Waals surface area contributed by atoms with E-state index < -0.39 is 0 Å². The lowest BCUT2D eigenvalue weighted by atomic mass is 10.1. The molecule has 0 saturated heterocycles. The van der Waals surface area contributed by atoms with Crippen LogP contribution in [0.1, 0.15) is 31.9 Å². The van der Waals surface area contributed by atoms with Crippen LogP contribution in [0.3, 0.4) is 0 Å². The molecule has 0 atom stereocenters. The van der Waals surface area contributed by atoms with Gasteiger partial charge in [0.25, 0.3) is 0 Å². The number of hydrogen-bond acceptors (Lipinski definition) is 3. The second-order valence-corrected chi connectivity index (χ2v) is 6.15. The predicted molar refractivity (Wildman–Crippen MR) is 80.9 cm³/mol. The molecule has 1 aliphatic rings. The van der Waals surface area contributed by atoms with Crippen LogP contribution in [0.15, 0.2) is 30.9 Å². The van der Waals surface area contributed by atoms with Crippen molar-refractivity contribution in [2.24, 2.45) is 5.41 Å². The van der Waals surface area contributed by atoms with Crippen molar-refractivity contribution in [3.8, 4) is 11.3 Å². The monoisotopic (exact) mass is 284 g/mol. The summed E-state index contributed by atoms with van der Waals surface area (Å²) in [6, 6.07) is 3.77. The third-order valence-electron chi connectivity index (χ3n) is 4.13. The molecule has 3 rings (SSSR count). The summed E-state index contributed by atoms with van der Waals surface area (Å²) in [4.78, 5) is 20.6. The van der Waals surface area contributed by atoms with Crippen molar-refractivity contribution in [3.63, 3.8) is 0 Å². The van der Waals surface area contributed by atoms with E-state index in [4.69, 9.17) is 0 Å². The summed E-state index contributed by atoms with van der Waals surface area (Å²) in [5.74, 6) is 0.